The minimum absolute atomic E-state index is 0.565. The molecule has 0 spiro atoms. The number of nitrogens with zero attached hydrogens (tertiary/aromatic N) is 2. The summed E-state index contributed by atoms with van der Waals surface area (Å²) in [6.45, 7) is 9.84. The quantitative estimate of drug-likeness (QED) is 0.780. The van der Waals surface area contributed by atoms with E-state index in [1.54, 1.807) is 0 Å². The van der Waals surface area contributed by atoms with E-state index in [0.29, 0.717) is 11.8 Å². The first-order valence-corrected chi connectivity index (χ1v) is 6.69. The Hall–Kier alpha value is -1.57. The van der Waals surface area contributed by atoms with Gasteiger partial charge in [0.2, 0.25) is 0 Å². The van der Waals surface area contributed by atoms with Crippen LogP contribution in [0.1, 0.15) is 39.2 Å². The van der Waals surface area contributed by atoms with E-state index >= 15 is 0 Å². The molecule has 2 nitrogen and oxygen atoms in total. The second-order valence-corrected chi connectivity index (χ2v) is 5.63. The molecule has 2 rings (SSSR count). The molecule has 1 aromatic heterocycles. The molecule has 0 aliphatic heterocycles. The monoisotopic (exact) mass is 242 g/mol. The largest absolute Gasteiger partial charge is 0.272 e. The van der Waals surface area contributed by atoms with Crippen molar-refractivity contribution in [1.82, 2.24) is 9.78 Å². The number of hydrogen-bond donors (Lipinski definition) is 0. The SMILES string of the molecule is CC(C)Cn1cc(-c2cccc(C(C)C)c2)cn1. The fourth-order valence-electron chi connectivity index (χ4n) is 2.06. The Kier molecular flexibility index (Phi) is 3.85. The molecule has 0 aliphatic rings. The lowest BCUT2D eigenvalue weighted by Crippen LogP contribution is -2.03. The number of aromatic nitrogens is 2. The topological polar surface area (TPSA) is 17.8 Å². The zero-order valence-corrected chi connectivity index (χ0v) is 11.7. The van der Waals surface area contributed by atoms with Crippen LogP contribution in [0.3, 0.4) is 0 Å². The van der Waals surface area contributed by atoms with Gasteiger partial charge in [0.25, 0.3) is 0 Å². The first kappa shape index (κ1) is 12.9. The first-order valence-electron chi connectivity index (χ1n) is 6.69. The van der Waals surface area contributed by atoms with E-state index in [9.17, 15) is 0 Å². The van der Waals surface area contributed by atoms with Crippen LogP contribution in [0.25, 0.3) is 11.1 Å². The normalized spacial score (nSPS) is 11.4. The molecule has 0 radical (unpaired) electrons. The van der Waals surface area contributed by atoms with Crippen molar-refractivity contribution in [3.63, 3.8) is 0 Å². The summed E-state index contributed by atoms with van der Waals surface area (Å²) in [5.74, 6) is 1.19. The van der Waals surface area contributed by atoms with E-state index in [1.807, 2.05) is 10.9 Å². The molecular formula is C16H22N2. The molecule has 0 fully saturated rings. The van der Waals surface area contributed by atoms with Crippen LogP contribution in [0.15, 0.2) is 36.7 Å². The van der Waals surface area contributed by atoms with Gasteiger partial charge in [0, 0.05) is 18.3 Å². The molecule has 18 heavy (non-hydrogen) atoms. The van der Waals surface area contributed by atoms with E-state index in [0.717, 1.165) is 6.54 Å². The van der Waals surface area contributed by atoms with E-state index in [-0.39, 0.29) is 0 Å². The predicted octanol–water partition coefficient (Wildman–Crippen LogP) is 4.33. The third-order valence-corrected chi connectivity index (χ3v) is 3.07. The fourth-order valence-corrected chi connectivity index (χ4v) is 2.06. The van der Waals surface area contributed by atoms with Crippen molar-refractivity contribution in [2.75, 3.05) is 0 Å². The van der Waals surface area contributed by atoms with Crippen LogP contribution in [0.5, 0.6) is 0 Å². The van der Waals surface area contributed by atoms with Crippen molar-refractivity contribution in [1.29, 1.82) is 0 Å². The molecule has 0 aliphatic carbocycles. The molecule has 1 aromatic carbocycles. The molecule has 0 atom stereocenters. The summed E-state index contributed by atoms with van der Waals surface area (Å²) in [4.78, 5) is 0. The molecule has 1 heterocycles. The van der Waals surface area contributed by atoms with Crippen LogP contribution in [0, 0.1) is 5.92 Å². The Bertz CT molecular complexity index is 509. The van der Waals surface area contributed by atoms with Crippen LogP contribution in [0.4, 0.5) is 0 Å². The Balaban J connectivity index is 2.25. The van der Waals surface area contributed by atoms with Gasteiger partial charge in [0.15, 0.2) is 0 Å². The van der Waals surface area contributed by atoms with E-state index in [4.69, 9.17) is 0 Å². The molecule has 0 unspecified atom stereocenters. The zero-order chi connectivity index (χ0) is 13.1. The molecule has 0 bridgehead atoms. The van der Waals surface area contributed by atoms with Crippen LogP contribution < -0.4 is 0 Å². The third kappa shape index (κ3) is 3.00. The fraction of sp³-hybridized carbons (Fsp3) is 0.438. The molecule has 0 saturated heterocycles. The lowest BCUT2D eigenvalue weighted by molar-refractivity contribution is 0.483. The predicted molar refractivity (Wildman–Crippen MR) is 76.6 cm³/mol. The van der Waals surface area contributed by atoms with Gasteiger partial charge in [-0.3, -0.25) is 4.68 Å². The molecule has 2 aromatic rings. The van der Waals surface area contributed by atoms with E-state index in [1.165, 1.54) is 16.7 Å². The number of hydrogen-bond acceptors (Lipinski definition) is 1. The van der Waals surface area contributed by atoms with Crippen LogP contribution in [-0.4, -0.2) is 9.78 Å². The summed E-state index contributed by atoms with van der Waals surface area (Å²) >= 11 is 0. The average Bonchev–Trinajstić information content (AvgIpc) is 2.77. The van der Waals surface area contributed by atoms with Crippen molar-refractivity contribution in [2.24, 2.45) is 5.92 Å². The van der Waals surface area contributed by atoms with Crippen LogP contribution in [-0.2, 0) is 6.54 Å². The Labute approximate surface area is 110 Å². The molecule has 0 amide bonds. The van der Waals surface area contributed by atoms with Gasteiger partial charge in [0.05, 0.1) is 6.20 Å². The summed E-state index contributed by atoms with van der Waals surface area (Å²) in [5.41, 5.74) is 3.85. The summed E-state index contributed by atoms with van der Waals surface area (Å²) < 4.78 is 2.03. The standard InChI is InChI=1S/C16H22N2/c1-12(2)10-18-11-16(9-17-18)15-7-5-6-14(8-15)13(3)4/h5-9,11-13H,10H2,1-4H3. The highest BCUT2D eigenvalue weighted by Gasteiger charge is 2.05. The van der Waals surface area contributed by atoms with Gasteiger partial charge in [-0.25, -0.2) is 0 Å². The van der Waals surface area contributed by atoms with Crippen LogP contribution in [0.2, 0.25) is 0 Å². The van der Waals surface area contributed by atoms with E-state index in [2.05, 4.69) is 63.3 Å². The minimum Gasteiger partial charge on any atom is -0.272 e. The summed E-state index contributed by atoms with van der Waals surface area (Å²) in [6, 6.07) is 8.74. The van der Waals surface area contributed by atoms with Gasteiger partial charge in [-0.2, -0.15) is 5.10 Å². The maximum atomic E-state index is 4.42. The van der Waals surface area contributed by atoms with Crippen molar-refractivity contribution >= 4 is 0 Å². The van der Waals surface area contributed by atoms with Gasteiger partial charge in [-0.1, -0.05) is 52.0 Å². The van der Waals surface area contributed by atoms with Gasteiger partial charge in [-0.05, 0) is 23.0 Å². The summed E-state index contributed by atoms with van der Waals surface area (Å²) in [7, 11) is 0. The lowest BCUT2D eigenvalue weighted by atomic mass is 9.99. The number of rotatable bonds is 4. The maximum Gasteiger partial charge on any atom is 0.0568 e. The third-order valence-electron chi connectivity index (χ3n) is 3.07. The van der Waals surface area contributed by atoms with E-state index < -0.39 is 0 Å². The Morgan fingerprint density at radius 1 is 1.11 bits per heavy atom. The highest BCUT2D eigenvalue weighted by Crippen LogP contribution is 2.23. The summed E-state index contributed by atoms with van der Waals surface area (Å²) in [5, 5.41) is 4.42. The Morgan fingerprint density at radius 2 is 1.89 bits per heavy atom. The smallest absolute Gasteiger partial charge is 0.0568 e. The van der Waals surface area contributed by atoms with Crippen molar-refractivity contribution < 1.29 is 0 Å². The van der Waals surface area contributed by atoms with Crippen LogP contribution >= 0.6 is 0 Å². The second-order valence-electron chi connectivity index (χ2n) is 5.63. The summed E-state index contributed by atoms with van der Waals surface area (Å²) in [6.07, 6.45) is 4.10. The van der Waals surface area contributed by atoms with Gasteiger partial charge in [0.1, 0.15) is 0 Å². The van der Waals surface area contributed by atoms with Crippen molar-refractivity contribution in [2.45, 2.75) is 40.2 Å². The lowest BCUT2D eigenvalue weighted by Gasteiger charge is -2.07. The average molecular weight is 242 g/mol. The molecular weight excluding hydrogens is 220 g/mol. The molecule has 0 N–H and O–H groups in total. The van der Waals surface area contributed by atoms with Gasteiger partial charge < -0.3 is 0 Å². The molecule has 96 valence electrons. The highest BCUT2D eigenvalue weighted by atomic mass is 15.3. The Morgan fingerprint density at radius 3 is 2.56 bits per heavy atom. The highest BCUT2D eigenvalue weighted by molar-refractivity contribution is 5.62. The zero-order valence-electron chi connectivity index (χ0n) is 11.7. The van der Waals surface area contributed by atoms with Crippen molar-refractivity contribution in [3.8, 4) is 11.1 Å². The minimum atomic E-state index is 0.565. The van der Waals surface area contributed by atoms with Crippen molar-refractivity contribution in [3.05, 3.63) is 42.2 Å². The second kappa shape index (κ2) is 5.38. The number of benzene rings is 1. The maximum absolute atomic E-state index is 4.42. The molecule has 2 heteroatoms. The first-order chi connectivity index (χ1) is 8.56. The van der Waals surface area contributed by atoms with Gasteiger partial charge in [-0.15, -0.1) is 0 Å². The van der Waals surface area contributed by atoms with Gasteiger partial charge >= 0.3 is 0 Å². The molecule has 0 saturated carbocycles.